The standard InChI is InChI=1S/C26H25BrClN3O5/c1-3-35-23-13-18(12-21(27)25(23)36-16-17-8-10-19(28)11-9-17)14-30-31-24(32)15-29-26(33)20-6-4-5-7-22(20)34-2/h4-14H,3,15-16H2,1-2H3,(H,29,33)(H,31,32). The SMILES string of the molecule is CCOc1cc(C=NNC(=O)CNC(=O)c2ccccc2OC)cc(Br)c1OCc1ccc(Cl)cc1. The molecule has 0 aromatic heterocycles. The number of carbonyl (C=O) groups excluding carboxylic acids is 2. The Labute approximate surface area is 222 Å². The minimum absolute atomic E-state index is 0.250. The minimum atomic E-state index is -0.485. The Kier molecular flexibility index (Phi) is 10.1. The lowest BCUT2D eigenvalue weighted by molar-refractivity contribution is -0.120. The van der Waals surface area contributed by atoms with Crippen LogP contribution in [0.2, 0.25) is 5.02 Å². The first-order valence-electron chi connectivity index (χ1n) is 11.0. The zero-order valence-electron chi connectivity index (χ0n) is 19.7. The van der Waals surface area contributed by atoms with Gasteiger partial charge in [0.25, 0.3) is 11.8 Å². The number of methoxy groups -OCH3 is 1. The fourth-order valence-corrected chi connectivity index (χ4v) is 3.81. The maximum Gasteiger partial charge on any atom is 0.259 e. The Hall–Kier alpha value is -3.56. The van der Waals surface area contributed by atoms with Gasteiger partial charge in [0.05, 0.1) is 36.5 Å². The van der Waals surface area contributed by atoms with E-state index in [9.17, 15) is 9.59 Å². The fourth-order valence-electron chi connectivity index (χ4n) is 3.11. The molecule has 0 saturated carbocycles. The molecule has 0 fully saturated rings. The van der Waals surface area contributed by atoms with Gasteiger partial charge in [0.15, 0.2) is 11.5 Å². The van der Waals surface area contributed by atoms with Crippen molar-refractivity contribution in [2.75, 3.05) is 20.3 Å². The molecule has 2 N–H and O–H groups in total. The second-order valence-electron chi connectivity index (χ2n) is 7.35. The van der Waals surface area contributed by atoms with Crippen molar-refractivity contribution in [3.8, 4) is 17.2 Å². The van der Waals surface area contributed by atoms with Crippen LogP contribution in [-0.2, 0) is 11.4 Å². The molecule has 0 aliphatic carbocycles. The molecule has 0 aliphatic heterocycles. The molecule has 188 valence electrons. The van der Waals surface area contributed by atoms with Crippen molar-refractivity contribution in [1.29, 1.82) is 0 Å². The van der Waals surface area contributed by atoms with Crippen molar-refractivity contribution in [2.24, 2.45) is 5.10 Å². The zero-order chi connectivity index (χ0) is 25.9. The highest BCUT2D eigenvalue weighted by Crippen LogP contribution is 2.37. The predicted octanol–water partition coefficient (Wildman–Crippen LogP) is 4.97. The topological polar surface area (TPSA) is 98.2 Å². The van der Waals surface area contributed by atoms with E-state index in [0.29, 0.717) is 51.1 Å². The van der Waals surface area contributed by atoms with E-state index in [1.165, 1.54) is 13.3 Å². The van der Waals surface area contributed by atoms with E-state index in [1.54, 1.807) is 48.5 Å². The highest BCUT2D eigenvalue weighted by Gasteiger charge is 2.14. The summed E-state index contributed by atoms with van der Waals surface area (Å²) >= 11 is 9.45. The molecule has 3 rings (SSSR count). The Bertz CT molecular complexity index is 1230. The number of halogens is 2. The molecule has 0 aliphatic rings. The van der Waals surface area contributed by atoms with Crippen molar-refractivity contribution in [3.63, 3.8) is 0 Å². The van der Waals surface area contributed by atoms with Crippen molar-refractivity contribution < 1.29 is 23.8 Å². The van der Waals surface area contributed by atoms with Crippen LogP contribution in [0.4, 0.5) is 0 Å². The zero-order valence-corrected chi connectivity index (χ0v) is 22.1. The smallest absolute Gasteiger partial charge is 0.259 e. The molecular formula is C26H25BrClN3O5. The van der Waals surface area contributed by atoms with Gasteiger partial charge in [-0.05, 0) is 70.4 Å². The lowest BCUT2D eigenvalue weighted by Gasteiger charge is -2.14. The fraction of sp³-hybridized carbons (Fsp3) is 0.192. The van der Waals surface area contributed by atoms with Crippen molar-refractivity contribution in [2.45, 2.75) is 13.5 Å². The number of hydrogen-bond donors (Lipinski definition) is 2. The Morgan fingerprint density at radius 2 is 1.81 bits per heavy atom. The van der Waals surface area contributed by atoms with Gasteiger partial charge in [-0.3, -0.25) is 9.59 Å². The van der Waals surface area contributed by atoms with Gasteiger partial charge in [0.2, 0.25) is 0 Å². The molecule has 10 heteroatoms. The number of amides is 2. The predicted molar refractivity (Wildman–Crippen MR) is 142 cm³/mol. The molecular weight excluding hydrogens is 550 g/mol. The third-order valence-electron chi connectivity index (χ3n) is 4.79. The monoisotopic (exact) mass is 573 g/mol. The second kappa shape index (κ2) is 13.5. The first-order valence-corrected chi connectivity index (χ1v) is 12.1. The number of rotatable bonds is 11. The van der Waals surface area contributed by atoms with Crippen LogP contribution in [0.5, 0.6) is 17.2 Å². The van der Waals surface area contributed by atoms with Crippen LogP contribution in [-0.4, -0.2) is 38.3 Å². The molecule has 0 spiro atoms. The third-order valence-corrected chi connectivity index (χ3v) is 5.63. The van der Waals surface area contributed by atoms with Gasteiger partial charge in [-0.1, -0.05) is 35.9 Å². The molecule has 0 atom stereocenters. The van der Waals surface area contributed by atoms with Crippen LogP contribution in [0.25, 0.3) is 0 Å². The van der Waals surface area contributed by atoms with Gasteiger partial charge in [0, 0.05) is 5.02 Å². The van der Waals surface area contributed by atoms with Crippen LogP contribution in [0.1, 0.15) is 28.4 Å². The quantitative estimate of drug-likeness (QED) is 0.249. The van der Waals surface area contributed by atoms with E-state index in [0.717, 1.165) is 5.56 Å². The number of nitrogens with zero attached hydrogens (tertiary/aromatic N) is 1. The van der Waals surface area contributed by atoms with Crippen molar-refractivity contribution in [1.82, 2.24) is 10.7 Å². The lowest BCUT2D eigenvalue weighted by atomic mass is 10.2. The average Bonchev–Trinajstić information content (AvgIpc) is 2.88. The van der Waals surface area contributed by atoms with Gasteiger partial charge < -0.3 is 19.5 Å². The maximum absolute atomic E-state index is 12.3. The number of para-hydroxylation sites is 1. The molecule has 0 radical (unpaired) electrons. The van der Waals surface area contributed by atoms with Crippen LogP contribution in [0.15, 0.2) is 70.2 Å². The maximum atomic E-state index is 12.3. The first-order chi connectivity index (χ1) is 17.4. The summed E-state index contributed by atoms with van der Waals surface area (Å²) in [7, 11) is 1.47. The van der Waals surface area contributed by atoms with E-state index in [2.05, 4.69) is 31.8 Å². The van der Waals surface area contributed by atoms with Gasteiger partial charge in [0.1, 0.15) is 12.4 Å². The number of benzene rings is 3. The van der Waals surface area contributed by atoms with Gasteiger partial charge in [-0.15, -0.1) is 0 Å². The summed E-state index contributed by atoms with van der Waals surface area (Å²) in [5.74, 6) is 0.585. The summed E-state index contributed by atoms with van der Waals surface area (Å²) in [4.78, 5) is 24.4. The van der Waals surface area contributed by atoms with E-state index >= 15 is 0 Å². The van der Waals surface area contributed by atoms with Crippen molar-refractivity contribution in [3.05, 3.63) is 86.8 Å². The second-order valence-corrected chi connectivity index (χ2v) is 8.65. The third kappa shape index (κ3) is 7.73. The Balaban J connectivity index is 1.59. The normalized spacial score (nSPS) is 10.7. The van der Waals surface area contributed by atoms with Crippen LogP contribution in [0.3, 0.4) is 0 Å². The molecule has 3 aromatic carbocycles. The van der Waals surface area contributed by atoms with E-state index < -0.39 is 11.8 Å². The highest BCUT2D eigenvalue weighted by atomic mass is 79.9. The van der Waals surface area contributed by atoms with Crippen molar-refractivity contribution >= 4 is 45.6 Å². The summed E-state index contributed by atoms with van der Waals surface area (Å²) in [5, 5.41) is 7.17. The molecule has 0 saturated heterocycles. The van der Waals surface area contributed by atoms with Crippen LogP contribution >= 0.6 is 27.5 Å². The number of carbonyl (C=O) groups is 2. The summed E-state index contributed by atoms with van der Waals surface area (Å²) < 4.78 is 17.5. The number of hydrazone groups is 1. The van der Waals surface area contributed by atoms with Gasteiger partial charge >= 0.3 is 0 Å². The van der Waals surface area contributed by atoms with E-state index in [-0.39, 0.29) is 6.54 Å². The largest absolute Gasteiger partial charge is 0.496 e. The number of nitrogens with one attached hydrogen (secondary N) is 2. The summed E-state index contributed by atoms with van der Waals surface area (Å²) in [6.45, 7) is 2.39. The molecule has 2 amide bonds. The molecule has 8 nitrogen and oxygen atoms in total. The Morgan fingerprint density at radius 3 is 2.53 bits per heavy atom. The summed E-state index contributed by atoms with van der Waals surface area (Å²) in [6.07, 6.45) is 1.47. The first kappa shape index (κ1) is 27.0. The van der Waals surface area contributed by atoms with Crippen LogP contribution < -0.4 is 25.0 Å². The van der Waals surface area contributed by atoms with Gasteiger partial charge in [-0.2, -0.15) is 5.10 Å². The molecule has 36 heavy (non-hydrogen) atoms. The van der Waals surface area contributed by atoms with Crippen LogP contribution in [0, 0.1) is 0 Å². The molecule has 0 bridgehead atoms. The van der Waals surface area contributed by atoms with E-state index in [4.69, 9.17) is 25.8 Å². The molecule has 0 unspecified atom stereocenters. The average molecular weight is 575 g/mol. The number of ether oxygens (including phenoxy) is 3. The lowest BCUT2D eigenvalue weighted by Crippen LogP contribution is -2.35. The minimum Gasteiger partial charge on any atom is -0.496 e. The number of hydrogen-bond acceptors (Lipinski definition) is 6. The Morgan fingerprint density at radius 1 is 1.06 bits per heavy atom. The molecule has 0 heterocycles. The summed E-state index contributed by atoms with van der Waals surface area (Å²) in [6, 6.07) is 17.7. The summed E-state index contributed by atoms with van der Waals surface area (Å²) in [5.41, 5.74) is 4.35. The van der Waals surface area contributed by atoms with Gasteiger partial charge in [-0.25, -0.2) is 5.43 Å². The van der Waals surface area contributed by atoms with E-state index in [1.807, 2.05) is 19.1 Å². The highest BCUT2D eigenvalue weighted by molar-refractivity contribution is 9.10. The molecule has 3 aromatic rings.